The van der Waals surface area contributed by atoms with E-state index in [1.165, 1.54) is 13.3 Å². The molecular weight excluding hydrogens is 540 g/mol. The Labute approximate surface area is 242 Å². The minimum Gasteiger partial charge on any atom is -0.486 e. The van der Waals surface area contributed by atoms with E-state index in [1.54, 1.807) is 35.0 Å². The van der Waals surface area contributed by atoms with Gasteiger partial charge in [0.2, 0.25) is 5.88 Å². The summed E-state index contributed by atoms with van der Waals surface area (Å²) in [5.74, 6) is 1.43. The van der Waals surface area contributed by atoms with Crippen molar-refractivity contribution in [1.29, 1.82) is 0 Å². The molecule has 4 aromatic rings. The van der Waals surface area contributed by atoms with Gasteiger partial charge < -0.3 is 24.3 Å². The highest BCUT2D eigenvalue weighted by Gasteiger charge is 2.35. The van der Waals surface area contributed by atoms with Gasteiger partial charge in [-0.3, -0.25) is 19.2 Å². The van der Waals surface area contributed by atoms with Crippen LogP contribution in [0.25, 0.3) is 11.2 Å². The summed E-state index contributed by atoms with van der Waals surface area (Å²) in [7, 11) is 1.53. The molecular formula is C30H32N6O6. The van der Waals surface area contributed by atoms with Crippen molar-refractivity contribution in [1.82, 2.24) is 29.7 Å². The maximum Gasteiger partial charge on any atom is 0.338 e. The van der Waals surface area contributed by atoms with E-state index in [1.807, 2.05) is 24.3 Å². The van der Waals surface area contributed by atoms with Crippen LogP contribution in [0.2, 0.25) is 0 Å². The minimum atomic E-state index is -0.353. The van der Waals surface area contributed by atoms with Gasteiger partial charge >= 0.3 is 5.97 Å². The molecule has 0 unspecified atom stereocenters. The summed E-state index contributed by atoms with van der Waals surface area (Å²) < 4.78 is 24.1. The van der Waals surface area contributed by atoms with Gasteiger partial charge in [-0.1, -0.05) is 18.2 Å². The van der Waals surface area contributed by atoms with Crippen LogP contribution in [0.15, 0.2) is 65.7 Å². The zero-order valence-electron chi connectivity index (χ0n) is 23.3. The third-order valence-electron chi connectivity index (χ3n) is 7.44. The molecule has 0 amide bonds. The number of nitrogens with zero attached hydrogens (tertiary/aromatic N) is 5. The second-order valence-electron chi connectivity index (χ2n) is 10.2. The topological polar surface area (TPSA) is 130 Å². The van der Waals surface area contributed by atoms with E-state index in [2.05, 4.69) is 25.2 Å². The lowest BCUT2D eigenvalue weighted by Gasteiger charge is -2.20. The molecule has 2 atom stereocenters. The molecule has 3 aromatic heterocycles. The summed E-state index contributed by atoms with van der Waals surface area (Å²) in [6.45, 7) is 4.36. The third kappa shape index (κ3) is 6.19. The average molecular weight is 573 g/mol. The number of carbonyl (C=O) groups is 1. The third-order valence-corrected chi connectivity index (χ3v) is 7.44. The predicted octanol–water partition coefficient (Wildman–Crippen LogP) is 1.91. The summed E-state index contributed by atoms with van der Waals surface area (Å²) in [4.78, 5) is 41.0. The number of esters is 1. The Balaban J connectivity index is 1.14. The summed E-state index contributed by atoms with van der Waals surface area (Å²) in [6, 6.07) is 14.4. The summed E-state index contributed by atoms with van der Waals surface area (Å²) in [5.41, 5.74) is 2.19. The van der Waals surface area contributed by atoms with Gasteiger partial charge in [0.05, 0.1) is 30.8 Å². The standard InChI is InChI=1S/C30H32N6O6/c1-39-27-8-7-23-29(34-27)36(28(37)17-33-23)10-9-35-18-21(26(19-35)42-30(38)20-5-3-2-4-6-20)14-31-15-22-13-24-25(16-32-22)41-12-11-40-24/h2-8,13,16-17,21,26,31H,9-12,14-15,18-19H2,1H3/t21-,26+/m0/s1. The Morgan fingerprint density at radius 2 is 1.86 bits per heavy atom. The first kappa shape index (κ1) is 27.6. The molecule has 2 aliphatic rings. The first-order valence-electron chi connectivity index (χ1n) is 13.9. The van der Waals surface area contributed by atoms with E-state index in [0.717, 1.165) is 5.69 Å². The van der Waals surface area contributed by atoms with Gasteiger partial charge in [0.25, 0.3) is 5.56 Å². The highest BCUT2D eigenvalue weighted by atomic mass is 16.6. The van der Waals surface area contributed by atoms with Crippen molar-refractivity contribution in [2.24, 2.45) is 5.92 Å². The van der Waals surface area contributed by atoms with Gasteiger partial charge in [0, 0.05) is 57.3 Å². The average Bonchev–Trinajstić information content (AvgIpc) is 3.41. The van der Waals surface area contributed by atoms with Crippen LogP contribution in [0.3, 0.4) is 0 Å². The molecule has 0 radical (unpaired) electrons. The van der Waals surface area contributed by atoms with Crippen LogP contribution in [0.5, 0.6) is 17.4 Å². The van der Waals surface area contributed by atoms with Gasteiger partial charge in [-0.15, -0.1) is 0 Å². The van der Waals surface area contributed by atoms with Crippen molar-refractivity contribution in [3.05, 3.63) is 82.5 Å². The van der Waals surface area contributed by atoms with Gasteiger partial charge in [0.15, 0.2) is 17.1 Å². The fraction of sp³-hybridized carbons (Fsp3) is 0.367. The molecule has 2 aliphatic heterocycles. The molecule has 5 heterocycles. The second-order valence-corrected chi connectivity index (χ2v) is 10.2. The number of ether oxygens (including phenoxy) is 4. The summed E-state index contributed by atoms with van der Waals surface area (Å²) >= 11 is 0. The lowest BCUT2D eigenvalue weighted by atomic mass is 10.1. The Morgan fingerprint density at radius 3 is 2.69 bits per heavy atom. The molecule has 218 valence electrons. The first-order chi connectivity index (χ1) is 20.6. The molecule has 0 aliphatic carbocycles. The summed E-state index contributed by atoms with van der Waals surface area (Å²) in [6.07, 6.45) is 2.66. The number of nitrogens with one attached hydrogen (secondary N) is 1. The van der Waals surface area contributed by atoms with Crippen LogP contribution in [-0.2, 0) is 17.8 Å². The number of fused-ring (bicyclic) bond motifs is 2. The molecule has 42 heavy (non-hydrogen) atoms. The van der Waals surface area contributed by atoms with E-state index >= 15 is 0 Å². The second kappa shape index (κ2) is 12.5. The predicted molar refractivity (Wildman–Crippen MR) is 153 cm³/mol. The maximum atomic E-state index is 12.9. The van der Waals surface area contributed by atoms with Crippen molar-refractivity contribution >= 4 is 17.1 Å². The maximum absolute atomic E-state index is 12.9. The number of benzene rings is 1. The van der Waals surface area contributed by atoms with E-state index in [0.29, 0.717) is 86.6 Å². The molecule has 0 spiro atoms. The number of aromatic nitrogens is 4. The zero-order chi connectivity index (χ0) is 28.9. The normalized spacial score (nSPS) is 18.2. The smallest absolute Gasteiger partial charge is 0.338 e. The van der Waals surface area contributed by atoms with Crippen molar-refractivity contribution < 1.29 is 23.7 Å². The molecule has 6 rings (SSSR count). The van der Waals surface area contributed by atoms with Crippen molar-refractivity contribution in [3.8, 4) is 17.4 Å². The number of hydrogen-bond donors (Lipinski definition) is 1. The fourth-order valence-corrected chi connectivity index (χ4v) is 5.28. The number of rotatable bonds is 10. The van der Waals surface area contributed by atoms with Gasteiger partial charge in [-0.05, 0) is 18.2 Å². The highest BCUT2D eigenvalue weighted by Crippen LogP contribution is 2.29. The van der Waals surface area contributed by atoms with Gasteiger partial charge in [-0.25, -0.2) is 9.78 Å². The zero-order valence-corrected chi connectivity index (χ0v) is 23.3. The fourth-order valence-electron chi connectivity index (χ4n) is 5.28. The number of methoxy groups -OCH3 is 1. The number of carbonyl (C=O) groups excluding carboxylic acids is 1. The molecule has 1 saturated heterocycles. The van der Waals surface area contributed by atoms with E-state index < -0.39 is 0 Å². The molecule has 12 nitrogen and oxygen atoms in total. The molecule has 0 bridgehead atoms. The molecule has 1 aromatic carbocycles. The Kier molecular flexibility index (Phi) is 8.24. The molecule has 1 N–H and O–H groups in total. The highest BCUT2D eigenvalue weighted by molar-refractivity contribution is 5.89. The van der Waals surface area contributed by atoms with Crippen molar-refractivity contribution in [2.45, 2.75) is 19.2 Å². The van der Waals surface area contributed by atoms with Gasteiger partial charge in [-0.2, -0.15) is 4.98 Å². The largest absolute Gasteiger partial charge is 0.486 e. The molecule has 12 heteroatoms. The van der Waals surface area contributed by atoms with Crippen molar-refractivity contribution in [3.63, 3.8) is 0 Å². The van der Waals surface area contributed by atoms with E-state index in [4.69, 9.17) is 18.9 Å². The van der Waals surface area contributed by atoms with E-state index in [9.17, 15) is 9.59 Å². The monoisotopic (exact) mass is 572 g/mol. The van der Waals surface area contributed by atoms with E-state index in [-0.39, 0.29) is 23.6 Å². The Hall–Kier alpha value is -4.55. The van der Waals surface area contributed by atoms with Crippen LogP contribution in [-0.4, -0.2) is 83.0 Å². The van der Waals surface area contributed by atoms with Crippen LogP contribution in [0.1, 0.15) is 16.1 Å². The summed E-state index contributed by atoms with van der Waals surface area (Å²) in [5, 5.41) is 3.47. The minimum absolute atomic E-state index is 0.0268. The molecule has 0 saturated carbocycles. The first-order valence-corrected chi connectivity index (χ1v) is 13.9. The SMILES string of the molecule is COc1ccc2ncc(=O)n(CCN3C[C@H](CNCc4cc5c(cn4)OCCO5)[C@H](OC(=O)c4ccccc4)C3)c2n1. The molecule has 1 fully saturated rings. The Morgan fingerprint density at radius 1 is 1.02 bits per heavy atom. The Bertz CT molecular complexity index is 1610. The number of hydrogen-bond acceptors (Lipinski definition) is 11. The van der Waals surface area contributed by atoms with Crippen LogP contribution < -0.4 is 25.1 Å². The van der Waals surface area contributed by atoms with Crippen molar-refractivity contribution in [2.75, 3.05) is 46.5 Å². The lowest BCUT2D eigenvalue weighted by molar-refractivity contribution is 0.0233. The lowest BCUT2D eigenvalue weighted by Crippen LogP contribution is -2.33. The van der Waals surface area contributed by atoms with Crippen LogP contribution in [0, 0.1) is 5.92 Å². The van der Waals surface area contributed by atoms with Crippen LogP contribution >= 0.6 is 0 Å². The number of pyridine rings is 2. The van der Waals surface area contributed by atoms with Gasteiger partial charge in [0.1, 0.15) is 24.8 Å². The number of likely N-dealkylation sites (tertiary alicyclic amines) is 1. The van der Waals surface area contributed by atoms with Crippen LogP contribution in [0.4, 0.5) is 0 Å². The quantitative estimate of drug-likeness (QED) is 0.280.